The monoisotopic (exact) mass is 290 g/mol. The van der Waals surface area contributed by atoms with Crippen LogP contribution in [0.2, 0.25) is 0 Å². The molecule has 0 saturated carbocycles. The van der Waals surface area contributed by atoms with E-state index in [2.05, 4.69) is 16.8 Å². The van der Waals surface area contributed by atoms with Crippen LogP contribution in [0.15, 0.2) is 30.9 Å². The van der Waals surface area contributed by atoms with E-state index in [1.165, 1.54) is 18.4 Å². The minimum atomic E-state index is -0.137. The fourth-order valence-electron chi connectivity index (χ4n) is 3.17. The summed E-state index contributed by atoms with van der Waals surface area (Å²) < 4.78 is 13.4. The van der Waals surface area contributed by atoms with Crippen LogP contribution in [0.3, 0.4) is 0 Å². The van der Waals surface area contributed by atoms with E-state index >= 15 is 0 Å². The number of piperazine rings is 1. The number of unbranched alkanes of at least 4 members (excludes halogenated alkanes) is 2. The third-order valence-corrected chi connectivity index (χ3v) is 4.32. The molecule has 116 valence electrons. The van der Waals surface area contributed by atoms with Crippen LogP contribution in [0.1, 0.15) is 42.9 Å². The smallest absolute Gasteiger partial charge is 0.123 e. The zero-order chi connectivity index (χ0) is 15.1. The molecule has 2 nitrogen and oxygen atoms in total. The Hall–Kier alpha value is -1.19. The van der Waals surface area contributed by atoms with Crippen molar-refractivity contribution in [3.63, 3.8) is 0 Å². The van der Waals surface area contributed by atoms with Gasteiger partial charge in [-0.05, 0) is 49.4 Å². The van der Waals surface area contributed by atoms with Gasteiger partial charge in [0.25, 0.3) is 0 Å². The van der Waals surface area contributed by atoms with E-state index in [0.717, 1.165) is 44.6 Å². The first-order chi connectivity index (χ1) is 10.2. The molecule has 1 heterocycles. The van der Waals surface area contributed by atoms with Crippen molar-refractivity contribution in [3.05, 3.63) is 47.8 Å². The molecule has 0 amide bonds. The molecule has 2 rings (SSSR count). The number of hydrogen-bond acceptors (Lipinski definition) is 2. The topological polar surface area (TPSA) is 15.3 Å². The van der Waals surface area contributed by atoms with E-state index in [-0.39, 0.29) is 5.82 Å². The van der Waals surface area contributed by atoms with Crippen molar-refractivity contribution in [1.29, 1.82) is 0 Å². The second-order valence-corrected chi connectivity index (χ2v) is 5.88. The van der Waals surface area contributed by atoms with Crippen LogP contribution in [-0.4, -0.2) is 31.1 Å². The summed E-state index contributed by atoms with van der Waals surface area (Å²) in [6.45, 7) is 10.0. The Bertz CT molecular complexity index is 453. The maximum Gasteiger partial charge on any atom is 0.123 e. The van der Waals surface area contributed by atoms with Crippen LogP contribution in [0.25, 0.3) is 0 Å². The van der Waals surface area contributed by atoms with E-state index in [1.54, 1.807) is 12.1 Å². The lowest BCUT2D eigenvalue weighted by molar-refractivity contribution is 0.162. The average molecular weight is 290 g/mol. The maximum absolute atomic E-state index is 13.4. The third-order valence-electron chi connectivity index (χ3n) is 4.32. The van der Waals surface area contributed by atoms with Crippen molar-refractivity contribution in [2.75, 3.05) is 26.2 Å². The minimum absolute atomic E-state index is 0.137. The quantitative estimate of drug-likeness (QED) is 0.606. The van der Waals surface area contributed by atoms with Gasteiger partial charge in [0.1, 0.15) is 5.82 Å². The molecule has 1 aromatic carbocycles. The lowest BCUT2D eigenvalue weighted by Crippen LogP contribution is -2.45. The maximum atomic E-state index is 13.4. The number of nitrogens with zero attached hydrogens (tertiary/aromatic N) is 1. The molecule has 1 fully saturated rings. The summed E-state index contributed by atoms with van der Waals surface area (Å²) in [4.78, 5) is 2.55. The van der Waals surface area contributed by atoms with Gasteiger partial charge in [-0.15, -0.1) is 6.58 Å². The molecule has 1 aromatic rings. The highest BCUT2D eigenvalue weighted by Gasteiger charge is 2.23. The molecule has 0 aromatic heterocycles. The molecule has 0 spiro atoms. The van der Waals surface area contributed by atoms with Gasteiger partial charge in [-0.3, -0.25) is 4.90 Å². The van der Waals surface area contributed by atoms with Crippen LogP contribution in [0.4, 0.5) is 4.39 Å². The van der Waals surface area contributed by atoms with Crippen molar-refractivity contribution < 1.29 is 4.39 Å². The second-order valence-electron chi connectivity index (χ2n) is 5.88. The lowest BCUT2D eigenvalue weighted by atomic mass is 9.94. The summed E-state index contributed by atoms with van der Waals surface area (Å²) in [5, 5.41) is 3.41. The number of halogens is 1. The van der Waals surface area contributed by atoms with E-state index in [0.29, 0.717) is 6.04 Å². The second kappa shape index (κ2) is 8.30. The predicted octanol–water partition coefficient (Wildman–Crippen LogP) is 3.83. The van der Waals surface area contributed by atoms with Crippen molar-refractivity contribution in [2.24, 2.45) is 0 Å². The first-order valence-electron chi connectivity index (χ1n) is 8.04. The molecular weight excluding hydrogens is 263 g/mol. The Kier molecular flexibility index (Phi) is 6.40. The van der Waals surface area contributed by atoms with Gasteiger partial charge in [0.15, 0.2) is 0 Å². The molecule has 0 bridgehead atoms. The van der Waals surface area contributed by atoms with Gasteiger partial charge in [-0.25, -0.2) is 4.39 Å². The van der Waals surface area contributed by atoms with Crippen LogP contribution in [0, 0.1) is 12.7 Å². The summed E-state index contributed by atoms with van der Waals surface area (Å²) in [7, 11) is 0. The van der Waals surface area contributed by atoms with Crippen LogP contribution in [0.5, 0.6) is 0 Å². The van der Waals surface area contributed by atoms with Crippen LogP contribution >= 0.6 is 0 Å². The fraction of sp³-hybridized carbons (Fsp3) is 0.556. The lowest BCUT2D eigenvalue weighted by Gasteiger charge is -2.36. The van der Waals surface area contributed by atoms with Crippen LogP contribution < -0.4 is 5.32 Å². The van der Waals surface area contributed by atoms with E-state index in [9.17, 15) is 4.39 Å². The molecule has 0 radical (unpaired) electrons. The molecule has 1 aliphatic heterocycles. The average Bonchev–Trinajstić information content (AvgIpc) is 2.49. The summed E-state index contributed by atoms with van der Waals surface area (Å²) in [5.41, 5.74) is 2.36. The highest BCUT2D eigenvalue weighted by atomic mass is 19.1. The fourth-order valence-corrected chi connectivity index (χ4v) is 3.17. The van der Waals surface area contributed by atoms with Gasteiger partial charge < -0.3 is 5.32 Å². The molecule has 1 saturated heterocycles. The van der Waals surface area contributed by atoms with Crippen LogP contribution in [-0.2, 0) is 0 Å². The number of nitrogens with one attached hydrogen (secondary N) is 1. The van der Waals surface area contributed by atoms with Crippen molar-refractivity contribution >= 4 is 0 Å². The Morgan fingerprint density at radius 2 is 2.10 bits per heavy atom. The molecular formula is C18H27FN2. The molecule has 21 heavy (non-hydrogen) atoms. The zero-order valence-corrected chi connectivity index (χ0v) is 13.1. The minimum Gasteiger partial charge on any atom is -0.314 e. The van der Waals surface area contributed by atoms with Gasteiger partial charge in [-0.2, -0.15) is 0 Å². The standard InChI is InChI=1S/C18H27FN2/c1-3-4-5-6-7-18(21-12-10-20-11-13-21)17-9-8-16(19)14-15(17)2/h3,8-9,14,18,20H,1,4-7,10-13H2,2H3/t18-/m1/s1. The summed E-state index contributed by atoms with van der Waals surface area (Å²) in [6, 6.07) is 5.65. The van der Waals surface area contributed by atoms with E-state index in [1.807, 2.05) is 19.1 Å². The highest BCUT2D eigenvalue weighted by Crippen LogP contribution is 2.29. The number of allylic oxidation sites excluding steroid dienone is 1. The van der Waals surface area contributed by atoms with Gasteiger partial charge in [-0.1, -0.05) is 18.6 Å². The Balaban J connectivity index is 2.11. The summed E-state index contributed by atoms with van der Waals surface area (Å²) in [5.74, 6) is -0.137. The highest BCUT2D eigenvalue weighted by molar-refractivity contribution is 5.29. The number of hydrogen-bond donors (Lipinski definition) is 1. The van der Waals surface area contributed by atoms with Gasteiger partial charge >= 0.3 is 0 Å². The molecule has 1 atom stereocenters. The first kappa shape index (κ1) is 16.2. The SMILES string of the molecule is C=CCCCC[C@H](c1ccc(F)cc1C)N1CCNCC1. The largest absolute Gasteiger partial charge is 0.314 e. The normalized spacial score (nSPS) is 17.6. The Labute approximate surface area is 128 Å². The van der Waals surface area contributed by atoms with Gasteiger partial charge in [0, 0.05) is 32.2 Å². The number of benzene rings is 1. The molecule has 1 aliphatic rings. The number of rotatable bonds is 7. The van der Waals surface area contributed by atoms with E-state index in [4.69, 9.17) is 0 Å². The molecule has 1 N–H and O–H groups in total. The van der Waals surface area contributed by atoms with Crippen molar-refractivity contribution in [2.45, 2.75) is 38.6 Å². The Morgan fingerprint density at radius 1 is 1.33 bits per heavy atom. The summed E-state index contributed by atoms with van der Waals surface area (Å²) in [6.07, 6.45) is 6.59. The summed E-state index contributed by atoms with van der Waals surface area (Å²) >= 11 is 0. The zero-order valence-electron chi connectivity index (χ0n) is 13.1. The number of aryl methyl sites for hydroxylation is 1. The molecule has 3 heteroatoms. The third kappa shape index (κ3) is 4.65. The van der Waals surface area contributed by atoms with E-state index < -0.39 is 0 Å². The molecule has 0 aliphatic carbocycles. The Morgan fingerprint density at radius 3 is 2.76 bits per heavy atom. The molecule has 0 unspecified atom stereocenters. The van der Waals surface area contributed by atoms with Gasteiger partial charge in [0.05, 0.1) is 0 Å². The first-order valence-corrected chi connectivity index (χ1v) is 8.04. The van der Waals surface area contributed by atoms with Crippen molar-refractivity contribution in [3.8, 4) is 0 Å². The predicted molar refractivity (Wildman–Crippen MR) is 87.0 cm³/mol. The van der Waals surface area contributed by atoms with Crippen molar-refractivity contribution in [1.82, 2.24) is 10.2 Å². The van der Waals surface area contributed by atoms with Gasteiger partial charge in [0.2, 0.25) is 0 Å².